The van der Waals surface area contributed by atoms with Crippen LogP contribution < -0.4 is 5.32 Å². The normalized spacial score (nSPS) is 20.3. The smallest absolute Gasteiger partial charge is 0.341 e. The zero-order valence-corrected chi connectivity index (χ0v) is 10.4. The third kappa shape index (κ3) is 2.20. The number of imidazole rings is 1. The number of aromatic amines is 1. The van der Waals surface area contributed by atoms with Gasteiger partial charge in [-0.15, -0.1) is 0 Å². The Labute approximate surface area is 108 Å². The van der Waals surface area contributed by atoms with Gasteiger partial charge in [0.15, 0.2) is 0 Å². The fourth-order valence-corrected chi connectivity index (χ4v) is 2.56. The molecule has 2 heterocycles. The van der Waals surface area contributed by atoms with Crippen molar-refractivity contribution in [2.24, 2.45) is 0 Å². The molecular weight excluding hydrogens is 255 g/mol. The van der Waals surface area contributed by atoms with Crippen LogP contribution in [0.25, 0.3) is 11.0 Å². The molecule has 1 aromatic carbocycles. The molecule has 1 aliphatic rings. The molecule has 0 saturated carbocycles. The van der Waals surface area contributed by atoms with Crippen LogP contribution >= 0.6 is 0 Å². The maximum Gasteiger partial charge on any atom is 0.416 e. The van der Waals surface area contributed by atoms with Gasteiger partial charge >= 0.3 is 6.18 Å². The van der Waals surface area contributed by atoms with Crippen LogP contribution in [0.4, 0.5) is 13.2 Å². The van der Waals surface area contributed by atoms with Gasteiger partial charge in [0, 0.05) is 0 Å². The molecule has 102 valence electrons. The predicted molar refractivity (Wildman–Crippen MR) is 65.8 cm³/mol. The third-order valence-electron chi connectivity index (χ3n) is 3.51. The van der Waals surface area contributed by atoms with Crippen molar-refractivity contribution in [1.82, 2.24) is 15.3 Å². The van der Waals surface area contributed by atoms with E-state index in [9.17, 15) is 13.2 Å². The van der Waals surface area contributed by atoms with Crippen molar-refractivity contribution in [3.63, 3.8) is 0 Å². The van der Waals surface area contributed by atoms with Crippen LogP contribution in [0.1, 0.15) is 35.8 Å². The van der Waals surface area contributed by atoms with Crippen molar-refractivity contribution in [1.29, 1.82) is 0 Å². The molecule has 1 saturated heterocycles. The molecule has 1 fully saturated rings. The first-order valence-corrected chi connectivity index (χ1v) is 6.26. The molecule has 3 nitrogen and oxygen atoms in total. The lowest BCUT2D eigenvalue weighted by Crippen LogP contribution is -2.14. The molecule has 6 heteroatoms. The fraction of sp³-hybridized carbons (Fsp3) is 0.462. The van der Waals surface area contributed by atoms with Crippen molar-refractivity contribution in [2.75, 3.05) is 6.54 Å². The average molecular weight is 269 g/mol. The molecule has 0 spiro atoms. The molecule has 0 amide bonds. The van der Waals surface area contributed by atoms with Gasteiger partial charge in [-0.2, -0.15) is 13.2 Å². The molecule has 1 aromatic heterocycles. The van der Waals surface area contributed by atoms with Crippen molar-refractivity contribution < 1.29 is 13.2 Å². The summed E-state index contributed by atoms with van der Waals surface area (Å²) in [5.74, 6) is 0.731. The molecule has 3 rings (SSSR count). The average Bonchev–Trinajstić information content (AvgIpc) is 2.95. The fourth-order valence-electron chi connectivity index (χ4n) is 2.56. The summed E-state index contributed by atoms with van der Waals surface area (Å²) in [4.78, 5) is 7.45. The largest absolute Gasteiger partial charge is 0.416 e. The first-order chi connectivity index (χ1) is 8.95. The highest BCUT2D eigenvalue weighted by Gasteiger charge is 2.31. The van der Waals surface area contributed by atoms with Crippen LogP contribution in [0.2, 0.25) is 0 Å². The van der Waals surface area contributed by atoms with Crippen LogP contribution in [-0.2, 0) is 6.18 Å². The van der Waals surface area contributed by atoms with E-state index < -0.39 is 11.7 Å². The Morgan fingerprint density at radius 3 is 2.74 bits per heavy atom. The van der Waals surface area contributed by atoms with Crippen LogP contribution in [0.3, 0.4) is 0 Å². The van der Waals surface area contributed by atoms with Crippen LogP contribution in [0.15, 0.2) is 12.1 Å². The topological polar surface area (TPSA) is 40.7 Å². The van der Waals surface area contributed by atoms with Gasteiger partial charge in [-0.1, -0.05) is 0 Å². The van der Waals surface area contributed by atoms with Crippen LogP contribution in [0.5, 0.6) is 0 Å². The summed E-state index contributed by atoms with van der Waals surface area (Å²) in [6.45, 7) is 2.58. The minimum absolute atomic E-state index is 0.126. The highest BCUT2D eigenvalue weighted by Crippen LogP contribution is 2.33. The minimum Gasteiger partial charge on any atom is -0.341 e. The van der Waals surface area contributed by atoms with E-state index >= 15 is 0 Å². The summed E-state index contributed by atoms with van der Waals surface area (Å²) >= 11 is 0. The molecule has 0 radical (unpaired) electrons. The number of rotatable bonds is 1. The predicted octanol–water partition coefficient (Wildman–Crippen LogP) is 3.31. The number of alkyl halides is 3. The van der Waals surface area contributed by atoms with E-state index in [0.717, 1.165) is 37.3 Å². The summed E-state index contributed by atoms with van der Waals surface area (Å²) in [7, 11) is 0. The van der Waals surface area contributed by atoms with E-state index in [4.69, 9.17) is 0 Å². The number of aromatic nitrogens is 2. The lowest BCUT2D eigenvalue weighted by atomic mass is 10.1. The quantitative estimate of drug-likeness (QED) is 0.833. The number of aryl methyl sites for hydroxylation is 1. The Kier molecular flexibility index (Phi) is 2.78. The van der Waals surface area contributed by atoms with Gasteiger partial charge in [0.1, 0.15) is 5.82 Å². The van der Waals surface area contributed by atoms with Gasteiger partial charge in [0.05, 0.1) is 22.6 Å². The summed E-state index contributed by atoms with van der Waals surface area (Å²) in [6.07, 6.45) is -2.30. The Hall–Kier alpha value is -1.56. The minimum atomic E-state index is -4.32. The molecule has 1 unspecified atom stereocenters. The Morgan fingerprint density at radius 2 is 2.11 bits per heavy atom. The van der Waals surface area contributed by atoms with E-state index in [1.807, 2.05) is 0 Å². The van der Waals surface area contributed by atoms with Crippen molar-refractivity contribution in [3.05, 3.63) is 29.1 Å². The second-order valence-corrected chi connectivity index (χ2v) is 4.96. The zero-order valence-electron chi connectivity index (χ0n) is 10.4. The van der Waals surface area contributed by atoms with Crippen molar-refractivity contribution >= 4 is 11.0 Å². The summed E-state index contributed by atoms with van der Waals surface area (Å²) in [5.41, 5.74) is 0.991. The third-order valence-corrected chi connectivity index (χ3v) is 3.51. The van der Waals surface area contributed by atoms with Gasteiger partial charge in [0.25, 0.3) is 0 Å². The van der Waals surface area contributed by atoms with Gasteiger partial charge in [-0.25, -0.2) is 4.98 Å². The van der Waals surface area contributed by atoms with E-state index in [0.29, 0.717) is 16.6 Å². The molecule has 19 heavy (non-hydrogen) atoms. The summed E-state index contributed by atoms with van der Waals surface area (Å²) < 4.78 is 38.3. The highest BCUT2D eigenvalue weighted by atomic mass is 19.4. The maximum atomic E-state index is 12.8. The first kappa shape index (κ1) is 12.5. The molecule has 2 N–H and O–H groups in total. The summed E-state index contributed by atoms with van der Waals surface area (Å²) in [5, 5.41) is 3.28. The number of hydrogen-bond acceptors (Lipinski definition) is 2. The lowest BCUT2D eigenvalue weighted by Gasteiger charge is -2.07. The van der Waals surface area contributed by atoms with Gasteiger partial charge < -0.3 is 10.3 Å². The standard InChI is InChI=1S/C13H14F3N3/c1-7-5-8(13(14,15)16)6-10-11(7)19-12(18-10)9-3-2-4-17-9/h5-6,9,17H,2-4H2,1H3,(H,18,19). The van der Waals surface area contributed by atoms with Gasteiger partial charge in [-0.3, -0.25) is 0 Å². The van der Waals surface area contributed by atoms with Crippen LogP contribution in [0, 0.1) is 6.92 Å². The molecule has 0 bridgehead atoms. The van der Waals surface area contributed by atoms with E-state index in [2.05, 4.69) is 15.3 Å². The number of H-pyrrole nitrogens is 1. The molecular formula is C13H14F3N3. The zero-order chi connectivity index (χ0) is 13.6. The highest BCUT2D eigenvalue weighted by molar-refractivity contribution is 5.79. The van der Waals surface area contributed by atoms with Crippen molar-refractivity contribution in [3.8, 4) is 0 Å². The monoisotopic (exact) mass is 269 g/mol. The number of halogens is 3. The Balaban J connectivity index is 2.09. The molecule has 0 aliphatic carbocycles. The number of nitrogens with zero attached hydrogens (tertiary/aromatic N) is 1. The second kappa shape index (κ2) is 4.23. The Morgan fingerprint density at radius 1 is 1.32 bits per heavy atom. The van der Waals surface area contributed by atoms with E-state index in [1.54, 1.807) is 6.92 Å². The number of hydrogen-bond donors (Lipinski definition) is 2. The summed E-state index contributed by atoms with van der Waals surface area (Å²) in [6, 6.07) is 2.41. The van der Waals surface area contributed by atoms with Crippen LogP contribution in [-0.4, -0.2) is 16.5 Å². The second-order valence-electron chi connectivity index (χ2n) is 4.96. The van der Waals surface area contributed by atoms with E-state index in [-0.39, 0.29) is 6.04 Å². The van der Waals surface area contributed by atoms with Gasteiger partial charge in [-0.05, 0) is 44.0 Å². The molecule has 1 aliphatic heterocycles. The molecule has 1 atom stereocenters. The van der Waals surface area contributed by atoms with Gasteiger partial charge in [0.2, 0.25) is 0 Å². The number of fused-ring (bicyclic) bond motifs is 1. The SMILES string of the molecule is Cc1cc(C(F)(F)F)cc2[nH]c(C3CCCN3)nc12. The number of benzene rings is 1. The lowest BCUT2D eigenvalue weighted by molar-refractivity contribution is -0.137. The maximum absolute atomic E-state index is 12.8. The Bertz CT molecular complexity index is 609. The van der Waals surface area contributed by atoms with E-state index in [1.165, 1.54) is 0 Å². The van der Waals surface area contributed by atoms with Crippen molar-refractivity contribution in [2.45, 2.75) is 32.0 Å². The number of nitrogens with one attached hydrogen (secondary N) is 2. The first-order valence-electron chi connectivity index (χ1n) is 6.26. The molecule has 2 aromatic rings.